The molecular weight excluding hydrogens is 417 g/mol. The lowest BCUT2D eigenvalue weighted by atomic mass is 9.74. The highest BCUT2D eigenvalue weighted by molar-refractivity contribution is 14.0. The number of rotatable bonds is 7. The summed E-state index contributed by atoms with van der Waals surface area (Å²) in [4.78, 5) is 4.30. The molecule has 1 fully saturated rings. The molecule has 24 heavy (non-hydrogen) atoms. The highest BCUT2D eigenvalue weighted by Gasteiger charge is 2.34. The largest absolute Gasteiger partial charge is 0.381 e. The zero-order valence-electron chi connectivity index (χ0n) is 14.7. The van der Waals surface area contributed by atoms with Crippen LogP contribution in [0.5, 0.6) is 0 Å². The van der Waals surface area contributed by atoms with Crippen LogP contribution in [0.4, 0.5) is 0 Å². The lowest BCUT2D eigenvalue weighted by Gasteiger charge is -2.38. The minimum atomic E-state index is 0. The van der Waals surface area contributed by atoms with Crippen molar-refractivity contribution in [3.8, 4) is 0 Å². The van der Waals surface area contributed by atoms with Gasteiger partial charge in [0.2, 0.25) is 0 Å². The first-order valence-corrected chi connectivity index (χ1v) is 8.46. The summed E-state index contributed by atoms with van der Waals surface area (Å²) < 4.78 is 10.9. The molecule has 136 valence electrons. The Labute approximate surface area is 162 Å². The van der Waals surface area contributed by atoms with E-state index in [0.29, 0.717) is 6.61 Å². The molecule has 2 N–H and O–H groups in total. The summed E-state index contributed by atoms with van der Waals surface area (Å²) in [6.45, 7) is 6.67. The zero-order chi connectivity index (χ0) is 16.4. The fourth-order valence-electron chi connectivity index (χ4n) is 2.98. The highest BCUT2D eigenvalue weighted by atomic mass is 127. The van der Waals surface area contributed by atoms with Crippen molar-refractivity contribution in [3.05, 3.63) is 35.9 Å². The predicted octanol–water partition coefficient (Wildman–Crippen LogP) is 2.55. The average Bonchev–Trinajstić information content (AvgIpc) is 2.63. The molecule has 1 heterocycles. The molecule has 1 saturated heterocycles. The number of nitrogens with one attached hydrogen (secondary N) is 2. The van der Waals surface area contributed by atoms with Crippen LogP contribution < -0.4 is 10.6 Å². The number of ether oxygens (including phenoxy) is 2. The van der Waals surface area contributed by atoms with Crippen LogP contribution in [0.2, 0.25) is 0 Å². The SMILES string of the molecule is CCOCCNC(=NC)NCC1(c2ccccc2)CCOCC1.I. The maximum atomic E-state index is 5.58. The van der Waals surface area contributed by atoms with E-state index in [1.807, 2.05) is 6.92 Å². The third kappa shape index (κ3) is 6.22. The molecule has 0 bridgehead atoms. The maximum absolute atomic E-state index is 5.58. The molecule has 0 atom stereocenters. The summed E-state index contributed by atoms with van der Waals surface area (Å²) >= 11 is 0. The van der Waals surface area contributed by atoms with Crippen molar-refractivity contribution in [3.63, 3.8) is 0 Å². The van der Waals surface area contributed by atoms with E-state index in [2.05, 4.69) is 46.0 Å². The first kappa shape index (κ1) is 21.2. The van der Waals surface area contributed by atoms with E-state index in [4.69, 9.17) is 9.47 Å². The van der Waals surface area contributed by atoms with Gasteiger partial charge in [-0.2, -0.15) is 0 Å². The molecule has 2 rings (SSSR count). The molecule has 1 aliphatic rings. The van der Waals surface area contributed by atoms with Crippen LogP contribution in [-0.2, 0) is 14.9 Å². The van der Waals surface area contributed by atoms with Gasteiger partial charge in [0.25, 0.3) is 0 Å². The van der Waals surface area contributed by atoms with Crippen molar-refractivity contribution >= 4 is 29.9 Å². The normalized spacial score (nSPS) is 17.0. The Hall–Kier alpha value is -0.860. The van der Waals surface area contributed by atoms with E-state index in [1.54, 1.807) is 7.05 Å². The fourth-order valence-corrected chi connectivity index (χ4v) is 2.98. The van der Waals surface area contributed by atoms with Crippen LogP contribution in [0.1, 0.15) is 25.3 Å². The van der Waals surface area contributed by atoms with Gasteiger partial charge in [0, 0.05) is 45.4 Å². The quantitative estimate of drug-likeness (QED) is 0.292. The van der Waals surface area contributed by atoms with Gasteiger partial charge in [-0.3, -0.25) is 4.99 Å². The van der Waals surface area contributed by atoms with Crippen LogP contribution in [0.15, 0.2) is 35.3 Å². The summed E-state index contributed by atoms with van der Waals surface area (Å²) in [5, 5.41) is 6.78. The molecule has 5 nitrogen and oxygen atoms in total. The Balaban J connectivity index is 0.00000288. The lowest BCUT2D eigenvalue weighted by Crippen LogP contribution is -2.48. The molecule has 1 aliphatic heterocycles. The first-order chi connectivity index (χ1) is 11.3. The number of hydrogen-bond acceptors (Lipinski definition) is 3. The molecule has 0 radical (unpaired) electrons. The fraction of sp³-hybridized carbons (Fsp3) is 0.611. The van der Waals surface area contributed by atoms with E-state index in [9.17, 15) is 0 Å². The van der Waals surface area contributed by atoms with Crippen LogP contribution in [0.25, 0.3) is 0 Å². The summed E-state index contributed by atoms with van der Waals surface area (Å²) in [5.41, 5.74) is 1.48. The number of benzene rings is 1. The number of guanidine groups is 1. The van der Waals surface area contributed by atoms with Gasteiger partial charge in [0.15, 0.2) is 5.96 Å². The summed E-state index contributed by atoms with van der Waals surface area (Å²) in [7, 11) is 1.80. The van der Waals surface area contributed by atoms with Gasteiger partial charge >= 0.3 is 0 Å². The second-order valence-electron chi connectivity index (χ2n) is 5.81. The Morgan fingerprint density at radius 1 is 1.21 bits per heavy atom. The van der Waals surface area contributed by atoms with Crippen molar-refractivity contribution in [1.29, 1.82) is 0 Å². The second kappa shape index (κ2) is 11.7. The van der Waals surface area contributed by atoms with E-state index in [1.165, 1.54) is 5.56 Å². The Kier molecular flexibility index (Phi) is 10.3. The van der Waals surface area contributed by atoms with Crippen molar-refractivity contribution < 1.29 is 9.47 Å². The summed E-state index contributed by atoms with van der Waals surface area (Å²) in [6, 6.07) is 10.7. The van der Waals surface area contributed by atoms with Crippen molar-refractivity contribution in [2.24, 2.45) is 4.99 Å². The Bertz CT molecular complexity index is 476. The molecule has 1 aromatic rings. The highest BCUT2D eigenvalue weighted by Crippen LogP contribution is 2.34. The van der Waals surface area contributed by atoms with Crippen LogP contribution in [-0.4, -0.2) is 52.5 Å². The summed E-state index contributed by atoms with van der Waals surface area (Å²) in [6.07, 6.45) is 2.06. The van der Waals surface area contributed by atoms with E-state index >= 15 is 0 Å². The number of hydrogen-bond donors (Lipinski definition) is 2. The van der Waals surface area contributed by atoms with Gasteiger partial charge in [0.1, 0.15) is 0 Å². The monoisotopic (exact) mass is 447 g/mol. The number of nitrogens with zero attached hydrogens (tertiary/aromatic N) is 1. The third-order valence-corrected chi connectivity index (χ3v) is 4.40. The lowest BCUT2D eigenvalue weighted by molar-refractivity contribution is 0.0513. The molecule has 0 aliphatic carbocycles. The van der Waals surface area contributed by atoms with Crippen LogP contribution >= 0.6 is 24.0 Å². The standard InChI is InChI=1S/C18H29N3O2.HI/c1-3-22-14-11-20-17(19-2)21-15-18(9-12-23-13-10-18)16-7-5-4-6-8-16;/h4-8H,3,9-15H2,1-2H3,(H2,19,20,21);1H. The molecule has 0 unspecified atom stereocenters. The second-order valence-corrected chi connectivity index (χ2v) is 5.81. The Morgan fingerprint density at radius 2 is 1.92 bits per heavy atom. The van der Waals surface area contributed by atoms with E-state index < -0.39 is 0 Å². The van der Waals surface area contributed by atoms with E-state index in [-0.39, 0.29) is 29.4 Å². The summed E-state index contributed by atoms with van der Waals surface area (Å²) in [5.74, 6) is 0.825. The molecule has 0 saturated carbocycles. The first-order valence-electron chi connectivity index (χ1n) is 8.46. The maximum Gasteiger partial charge on any atom is 0.191 e. The van der Waals surface area contributed by atoms with E-state index in [0.717, 1.165) is 51.7 Å². The van der Waals surface area contributed by atoms with Crippen molar-refractivity contribution in [2.45, 2.75) is 25.2 Å². The molecule has 6 heteroatoms. The number of aliphatic imine (C=N–C) groups is 1. The van der Waals surface area contributed by atoms with Crippen LogP contribution in [0.3, 0.4) is 0 Å². The molecule has 0 spiro atoms. The average molecular weight is 447 g/mol. The minimum Gasteiger partial charge on any atom is -0.381 e. The molecule has 1 aromatic carbocycles. The smallest absolute Gasteiger partial charge is 0.191 e. The van der Waals surface area contributed by atoms with Gasteiger partial charge in [-0.1, -0.05) is 30.3 Å². The van der Waals surface area contributed by atoms with Gasteiger partial charge < -0.3 is 20.1 Å². The predicted molar refractivity (Wildman–Crippen MR) is 109 cm³/mol. The Morgan fingerprint density at radius 3 is 2.54 bits per heavy atom. The molecular formula is C18H30IN3O2. The molecule has 0 aromatic heterocycles. The van der Waals surface area contributed by atoms with Gasteiger partial charge in [0.05, 0.1) is 6.61 Å². The van der Waals surface area contributed by atoms with Crippen LogP contribution in [0, 0.1) is 0 Å². The minimum absolute atomic E-state index is 0. The van der Waals surface area contributed by atoms with Gasteiger partial charge in [-0.15, -0.1) is 24.0 Å². The van der Waals surface area contributed by atoms with Crippen molar-refractivity contribution in [2.75, 3.05) is 46.6 Å². The number of halogens is 1. The van der Waals surface area contributed by atoms with Gasteiger partial charge in [-0.05, 0) is 25.3 Å². The van der Waals surface area contributed by atoms with Crippen molar-refractivity contribution in [1.82, 2.24) is 10.6 Å². The molecule has 0 amide bonds. The third-order valence-electron chi connectivity index (χ3n) is 4.40. The topological polar surface area (TPSA) is 54.9 Å². The zero-order valence-corrected chi connectivity index (χ0v) is 17.0. The van der Waals surface area contributed by atoms with Gasteiger partial charge in [-0.25, -0.2) is 0 Å².